The molecule has 1 aliphatic rings. The van der Waals surface area contributed by atoms with Crippen LogP contribution in [0.5, 0.6) is 17.2 Å². The van der Waals surface area contributed by atoms with E-state index < -0.39 is 0 Å². The van der Waals surface area contributed by atoms with Gasteiger partial charge in [0.1, 0.15) is 23.4 Å². The SMILES string of the molecule is CCOc1cc2c(cc1/C=C/C(=O)NCc1ccccc1OC)O[C@@H](C)C2. The summed E-state index contributed by atoms with van der Waals surface area (Å²) in [7, 11) is 1.62. The maximum Gasteiger partial charge on any atom is 0.244 e. The summed E-state index contributed by atoms with van der Waals surface area (Å²) >= 11 is 0. The highest BCUT2D eigenvalue weighted by Gasteiger charge is 2.21. The second-order valence-electron chi connectivity index (χ2n) is 6.43. The fourth-order valence-electron chi connectivity index (χ4n) is 3.12. The average molecular weight is 367 g/mol. The first-order valence-corrected chi connectivity index (χ1v) is 9.15. The lowest BCUT2D eigenvalue weighted by molar-refractivity contribution is -0.116. The molecule has 2 aromatic carbocycles. The molecule has 1 heterocycles. The predicted octanol–water partition coefficient (Wildman–Crippen LogP) is 3.75. The van der Waals surface area contributed by atoms with Gasteiger partial charge in [0.15, 0.2) is 0 Å². The van der Waals surface area contributed by atoms with E-state index in [9.17, 15) is 4.79 Å². The van der Waals surface area contributed by atoms with E-state index in [4.69, 9.17) is 14.2 Å². The molecule has 0 unspecified atom stereocenters. The minimum absolute atomic E-state index is 0.165. The number of ether oxygens (including phenoxy) is 3. The van der Waals surface area contributed by atoms with Gasteiger partial charge in [0.25, 0.3) is 0 Å². The van der Waals surface area contributed by atoms with Gasteiger partial charge < -0.3 is 19.5 Å². The molecular formula is C22H25NO4. The Hall–Kier alpha value is -2.95. The Kier molecular flexibility index (Phi) is 6.01. The molecule has 142 valence electrons. The van der Waals surface area contributed by atoms with Gasteiger partial charge in [-0.15, -0.1) is 0 Å². The molecule has 1 amide bonds. The molecule has 0 fully saturated rings. The summed E-state index contributed by atoms with van der Waals surface area (Å²) in [6.07, 6.45) is 4.31. The smallest absolute Gasteiger partial charge is 0.244 e. The Morgan fingerprint density at radius 2 is 2.11 bits per heavy atom. The number of nitrogens with one attached hydrogen (secondary N) is 1. The number of hydrogen-bond donors (Lipinski definition) is 1. The van der Waals surface area contributed by atoms with Crippen molar-refractivity contribution in [3.8, 4) is 17.2 Å². The summed E-state index contributed by atoms with van der Waals surface area (Å²) in [6.45, 7) is 4.95. The van der Waals surface area contributed by atoms with Gasteiger partial charge in [0, 0.05) is 35.7 Å². The van der Waals surface area contributed by atoms with Gasteiger partial charge in [-0.3, -0.25) is 4.79 Å². The van der Waals surface area contributed by atoms with Crippen molar-refractivity contribution in [2.75, 3.05) is 13.7 Å². The molecular weight excluding hydrogens is 342 g/mol. The van der Waals surface area contributed by atoms with Gasteiger partial charge in [-0.05, 0) is 38.1 Å². The van der Waals surface area contributed by atoms with Crippen LogP contribution in [0.1, 0.15) is 30.5 Å². The zero-order valence-corrected chi connectivity index (χ0v) is 16.0. The first kappa shape index (κ1) is 18.8. The zero-order valence-electron chi connectivity index (χ0n) is 16.0. The molecule has 1 atom stereocenters. The standard InChI is InChI=1S/C22H25NO4/c1-4-26-20-13-18-11-15(2)27-21(18)12-16(20)9-10-22(24)23-14-17-7-5-6-8-19(17)25-3/h5-10,12-13,15H,4,11,14H2,1-3H3,(H,23,24)/b10-9+/t15-/m0/s1. The fraction of sp³-hybridized carbons (Fsp3) is 0.318. The van der Waals surface area contributed by atoms with Crippen molar-refractivity contribution in [3.05, 3.63) is 59.2 Å². The Balaban J connectivity index is 1.69. The predicted molar refractivity (Wildman–Crippen MR) is 105 cm³/mol. The molecule has 1 N–H and O–H groups in total. The first-order chi connectivity index (χ1) is 13.1. The summed E-state index contributed by atoms with van der Waals surface area (Å²) < 4.78 is 16.8. The maximum absolute atomic E-state index is 12.2. The second-order valence-corrected chi connectivity index (χ2v) is 6.43. The van der Waals surface area contributed by atoms with E-state index in [0.29, 0.717) is 13.2 Å². The van der Waals surface area contributed by atoms with Crippen LogP contribution in [0.2, 0.25) is 0 Å². The number of hydrogen-bond acceptors (Lipinski definition) is 4. The quantitative estimate of drug-likeness (QED) is 0.758. The number of methoxy groups -OCH3 is 1. The van der Waals surface area contributed by atoms with Gasteiger partial charge in [-0.1, -0.05) is 18.2 Å². The van der Waals surface area contributed by atoms with Crippen LogP contribution in [-0.2, 0) is 17.8 Å². The number of rotatable bonds is 7. The van der Waals surface area contributed by atoms with Crippen LogP contribution in [0.4, 0.5) is 0 Å². The summed E-state index contributed by atoms with van der Waals surface area (Å²) in [5.41, 5.74) is 2.90. The van der Waals surface area contributed by atoms with E-state index in [1.807, 2.05) is 50.2 Å². The van der Waals surface area contributed by atoms with Crippen LogP contribution in [0, 0.1) is 0 Å². The van der Waals surface area contributed by atoms with Gasteiger partial charge >= 0.3 is 0 Å². The monoisotopic (exact) mass is 367 g/mol. The summed E-state index contributed by atoms with van der Waals surface area (Å²) in [5, 5.41) is 2.88. The van der Waals surface area contributed by atoms with Crippen molar-refractivity contribution in [1.29, 1.82) is 0 Å². The maximum atomic E-state index is 12.2. The lowest BCUT2D eigenvalue weighted by Crippen LogP contribution is -2.20. The van der Waals surface area contributed by atoms with Crippen molar-refractivity contribution in [3.63, 3.8) is 0 Å². The lowest BCUT2D eigenvalue weighted by Gasteiger charge is -2.10. The van der Waals surface area contributed by atoms with E-state index >= 15 is 0 Å². The Labute approximate surface area is 159 Å². The number of para-hydroxylation sites is 1. The van der Waals surface area contributed by atoms with Crippen LogP contribution < -0.4 is 19.5 Å². The van der Waals surface area contributed by atoms with Crippen molar-refractivity contribution >= 4 is 12.0 Å². The van der Waals surface area contributed by atoms with Crippen LogP contribution in [0.3, 0.4) is 0 Å². The molecule has 0 aliphatic carbocycles. The van der Waals surface area contributed by atoms with Gasteiger partial charge in [0.2, 0.25) is 5.91 Å². The van der Waals surface area contributed by atoms with Crippen LogP contribution in [0.15, 0.2) is 42.5 Å². The first-order valence-electron chi connectivity index (χ1n) is 9.15. The number of amides is 1. The third-order valence-corrected chi connectivity index (χ3v) is 4.39. The second kappa shape index (κ2) is 8.62. The van der Waals surface area contributed by atoms with Crippen LogP contribution in [0.25, 0.3) is 6.08 Å². The van der Waals surface area contributed by atoms with E-state index in [2.05, 4.69) is 5.32 Å². The molecule has 0 saturated heterocycles. The molecule has 0 radical (unpaired) electrons. The fourth-order valence-corrected chi connectivity index (χ4v) is 3.12. The molecule has 0 bridgehead atoms. The highest BCUT2D eigenvalue weighted by Crippen LogP contribution is 2.35. The Morgan fingerprint density at radius 3 is 2.89 bits per heavy atom. The molecule has 1 aliphatic heterocycles. The molecule has 0 aromatic heterocycles. The lowest BCUT2D eigenvalue weighted by atomic mass is 10.1. The van der Waals surface area contributed by atoms with Crippen molar-refractivity contribution < 1.29 is 19.0 Å². The van der Waals surface area contributed by atoms with E-state index in [1.165, 1.54) is 6.08 Å². The van der Waals surface area contributed by atoms with Gasteiger partial charge in [0.05, 0.1) is 13.7 Å². The number of carbonyl (C=O) groups excluding carboxylic acids is 1. The average Bonchev–Trinajstić information content (AvgIpc) is 3.03. The molecule has 5 nitrogen and oxygen atoms in total. The van der Waals surface area contributed by atoms with Crippen LogP contribution >= 0.6 is 0 Å². The number of carbonyl (C=O) groups is 1. The number of benzene rings is 2. The summed E-state index contributed by atoms with van der Waals surface area (Å²) in [6, 6.07) is 11.6. The minimum atomic E-state index is -0.182. The molecule has 27 heavy (non-hydrogen) atoms. The van der Waals surface area contributed by atoms with E-state index in [1.54, 1.807) is 13.2 Å². The van der Waals surface area contributed by atoms with Gasteiger partial charge in [-0.2, -0.15) is 0 Å². The molecule has 5 heteroatoms. The minimum Gasteiger partial charge on any atom is -0.496 e. The molecule has 0 spiro atoms. The highest BCUT2D eigenvalue weighted by atomic mass is 16.5. The molecule has 3 rings (SSSR count). The summed E-state index contributed by atoms with van der Waals surface area (Å²) in [4.78, 5) is 12.2. The topological polar surface area (TPSA) is 56.8 Å². The third kappa shape index (κ3) is 4.61. The van der Waals surface area contributed by atoms with Crippen molar-refractivity contribution in [2.24, 2.45) is 0 Å². The summed E-state index contributed by atoms with van der Waals surface area (Å²) in [5.74, 6) is 2.20. The normalized spacial score (nSPS) is 15.3. The largest absolute Gasteiger partial charge is 0.496 e. The van der Waals surface area contributed by atoms with E-state index in [0.717, 1.165) is 40.4 Å². The zero-order chi connectivity index (χ0) is 19.2. The van der Waals surface area contributed by atoms with Crippen molar-refractivity contribution in [2.45, 2.75) is 32.9 Å². The molecule has 2 aromatic rings. The Bertz CT molecular complexity index is 844. The van der Waals surface area contributed by atoms with E-state index in [-0.39, 0.29) is 12.0 Å². The van der Waals surface area contributed by atoms with Crippen LogP contribution in [-0.4, -0.2) is 25.7 Å². The third-order valence-electron chi connectivity index (χ3n) is 4.39. The molecule has 0 saturated carbocycles. The number of fused-ring (bicyclic) bond motifs is 1. The van der Waals surface area contributed by atoms with Crippen molar-refractivity contribution in [1.82, 2.24) is 5.32 Å². The van der Waals surface area contributed by atoms with Gasteiger partial charge in [-0.25, -0.2) is 0 Å². The highest BCUT2D eigenvalue weighted by molar-refractivity contribution is 5.92. The Morgan fingerprint density at radius 1 is 1.30 bits per heavy atom.